The van der Waals surface area contributed by atoms with Gasteiger partial charge in [0.2, 0.25) is 0 Å². The minimum Gasteiger partial charge on any atom is -0.330 e. The Morgan fingerprint density at radius 1 is 1.47 bits per heavy atom. The fraction of sp³-hybridized carbons (Fsp3) is 0.571. The number of rotatable bonds is 3. The SMILES string of the molecule is CC(F)c1ccccc1C1CC(CN)CN1C. The van der Waals surface area contributed by atoms with Crippen molar-refractivity contribution in [3.05, 3.63) is 35.4 Å². The van der Waals surface area contributed by atoms with Gasteiger partial charge in [-0.3, -0.25) is 4.90 Å². The van der Waals surface area contributed by atoms with Crippen LogP contribution in [0.15, 0.2) is 24.3 Å². The van der Waals surface area contributed by atoms with E-state index in [1.807, 2.05) is 24.3 Å². The van der Waals surface area contributed by atoms with Gasteiger partial charge in [0.05, 0.1) is 0 Å². The Morgan fingerprint density at radius 3 is 2.76 bits per heavy atom. The van der Waals surface area contributed by atoms with Crippen molar-refractivity contribution in [1.29, 1.82) is 0 Å². The van der Waals surface area contributed by atoms with E-state index in [9.17, 15) is 4.39 Å². The molecule has 0 saturated carbocycles. The lowest BCUT2D eigenvalue weighted by atomic mass is 9.94. The van der Waals surface area contributed by atoms with Crippen LogP contribution >= 0.6 is 0 Å². The number of nitrogens with zero attached hydrogens (tertiary/aromatic N) is 1. The van der Waals surface area contributed by atoms with E-state index < -0.39 is 6.17 Å². The van der Waals surface area contributed by atoms with Crippen molar-refractivity contribution < 1.29 is 4.39 Å². The Labute approximate surface area is 103 Å². The van der Waals surface area contributed by atoms with Crippen LogP contribution in [-0.2, 0) is 0 Å². The predicted octanol–water partition coefficient (Wildman–Crippen LogP) is 2.67. The van der Waals surface area contributed by atoms with Gasteiger partial charge in [0.1, 0.15) is 6.17 Å². The molecule has 1 aliphatic heterocycles. The lowest BCUT2D eigenvalue weighted by molar-refractivity contribution is 0.304. The fourth-order valence-electron chi connectivity index (χ4n) is 2.82. The smallest absolute Gasteiger partial charge is 0.123 e. The Morgan fingerprint density at radius 2 is 2.18 bits per heavy atom. The largest absolute Gasteiger partial charge is 0.330 e. The van der Waals surface area contributed by atoms with Crippen LogP contribution in [-0.4, -0.2) is 25.0 Å². The zero-order valence-electron chi connectivity index (χ0n) is 10.6. The van der Waals surface area contributed by atoms with Gasteiger partial charge in [-0.25, -0.2) is 4.39 Å². The summed E-state index contributed by atoms with van der Waals surface area (Å²) in [5, 5.41) is 0. The average molecular weight is 236 g/mol. The number of nitrogens with two attached hydrogens (primary N) is 1. The molecule has 1 aromatic carbocycles. The molecule has 3 heteroatoms. The van der Waals surface area contributed by atoms with Crippen molar-refractivity contribution in [3.8, 4) is 0 Å². The molecule has 0 amide bonds. The maximum Gasteiger partial charge on any atom is 0.123 e. The van der Waals surface area contributed by atoms with E-state index in [1.54, 1.807) is 6.92 Å². The number of halogens is 1. The molecular weight excluding hydrogens is 215 g/mol. The third-order valence-electron chi connectivity index (χ3n) is 3.75. The molecular formula is C14H21FN2. The van der Waals surface area contributed by atoms with Crippen molar-refractivity contribution in [2.75, 3.05) is 20.1 Å². The molecule has 3 unspecified atom stereocenters. The topological polar surface area (TPSA) is 29.3 Å². The molecule has 1 aromatic rings. The van der Waals surface area contributed by atoms with Gasteiger partial charge in [-0.2, -0.15) is 0 Å². The highest BCUT2D eigenvalue weighted by Crippen LogP contribution is 2.37. The lowest BCUT2D eigenvalue weighted by Crippen LogP contribution is -2.21. The third kappa shape index (κ3) is 2.50. The molecule has 2 N–H and O–H groups in total. The third-order valence-corrected chi connectivity index (χ3v) is 3.75. The van der Waals surface area contributed by atoms with Crippen molar-refractivity contribution in [1.82, 2.24) is 4.90 Å². The minimum atomic E-state index is -0.906. The summed E-state index contributed by atoms with van der Waals surface area (Å²) >= 11 is 0. The van der Waals surface area contributed by atoms with E-state index in [1.165, 1.54) is 0 Å². The lowest BCUT2D eigenvalue weighted by Gasteiger charge is -2.23. The number of hydrogen-bond acceptors (Lipinski definition) is 2. The second-order valence-corrected chi connectivity index (χ2v) is 5.04. The highest BCUT2D eigenvalue weighted by Gasteiger charge is 2.31. The van der Waals surface area contributed by atoms with Crippen LogP contribution in [0.3, 0.4) is 0 Å². The van der Waals surface area contributed by atoms with E-state index in [4.69, 9.17) is 5.73 Å². The number of likely N-dealkylation sites (tertiary alicyclic amines) is 1. The minimum absolute atomic E-state index is 0.318. The molecule has 0 bridgehead atoms. The summed E-state index contributed by atoms with van der Waals surface area (Å²) in [6.45, 7) is 3.33. The Kier molecular flexibility index (Phi) is 3.79. The van der Waals surface area contributed by atoms with E-state index in [0.717, 1.165) is 24.1 Å². The van der Waals surface area contributed by atoms with Crippen molar-refractivity contribution in [2.24, 2.45) is 11.7 Å². The fourth-order valence-corrected chi connectivity index (χ4v) is 2.82. The first-order valence-electron chi connectivity index (χ1n) is 6.26. The Balaban J connectivity index is 2.28. The Bertz CT molecular complexity index is 378. The summed E-state index contributed by atoms with van der Waals surface area (Å²) < 4.78 is 13.6. The van der Waals surface area contributed by atoms with Crippen LogP contribution in [0.1, 0.15) is 36.7 Å². The second kappa shape index (κ2) is 5.15. The van der Waals surface area contributed by atoms with Gasteiger partial charge in [-0.1, -0.05) is 24.3 Å². The summed E-state index contributed by atoms with van der Waals surface area (Å²) in [5.74, 6) is 0.535. The van der Waals surface area contributed by atoms with Crippen molar-refractivity contribution in [2.45, 2.75) is 25.6 Å². The van der Waals surface area contributed by atoms with Crippen LogP contribution in [0, 0.1) is 5.92 Å². The zero-order valence-corrected chi connectivity index (χ0v) is 10.6. The molecule has 1 aliphatic rings. The van der Waals surface area contributed by atoms with Crippen LogP contribution < -0.4 is 5.73 Å². The van der Waals surface area contributed by atoms with Gasteiger partial charge in [0, 0.05) is 12.6 Å². The highest BCUT2D eigenvalue weighted by atomic mass is 19.1. The molecule has 0 aromatic heterocycles. The van der Waals surface area contributed by atoms with Crippen molar-refractivity contribution >= 4 is 0 Å². The molecule has 0 radical (unpaired) electrons. The monoisotopic (exact) mass is 236 g/mol. The molecule has 2 nitrogen and oxygen atoms in total. The maximum absolute atomic E-state index is 13.6. The van der Waals surface area contributed by atoms with Crippen LogP contribution in [0.5, 0.6) is 0 Å². The van der Waals surface area contributed by atoms with Gasteiger partial charge in [0.25, 0.3) is 0 Å². The first-order valence-corrected chi connectivity index (χ1v) is 6.26. The van der Waals surface area contributed by atoms with Gasteiger partial charge in [-0.15, -0.1) is 0 Å². The standard InChI is InChI=1S/C14H21FN2/c1-10(15)12-5-3-4-6-13(12)14-7-11(8-16)9-17(14)2/h3-6,10-11,14H,7-9,16H2,1-2H3. The first kappa shape index (κ1) is 12.5. The molecule has 17 heavy (non-hydrogen) atoms. The second-order valence-electron chi connectivity index (χ2n) is 5.04. The van der Waals surface area contributed by atoms with Gasteiger partial charge in [-0.05, 0) is 44.0 Å². The van der Waals surface area contributed by atoms with Crippen LogP contribution in [0.2, 0.25) is 0 Å². The highest BCUT2D eigenvalue weighted by molar-refractivity contribution is 5.32. The molecule has 94 valence electrons. The number of hydrogen-bond donors (Lipinski definition) is 1. The quantitative estimate of drug-likeness (QED) is 0.874. The first-order chi connectivity index (χ1) is 8.13. The van der Waals surface area contributed by atoms with E-state index in [0.29, 0.717) is 18.5 Å². The number of alkyl halides is 1. The molecule has 1 heterocycles. The molecule has 1 saturated heterocycles. The molecule has 2 rings (SSSR count). The summed E-state index contributed by atoms with van der Waals surface area (Å²) in [7, 11) is 2.10. The normalized spacial score (nSPS) is 27.3. The van der Waals surface area contributed by atoms with Crippen molar-refractivity contribution in [3.63, 3.8) is 0 Å². The van der Waals surface area contributed by atoms with Gasteiger partial charge >= 0.3 is 0 Å². The molecule has 0 spiro atoms. The van der Waals surface area contributed by atoms with Crippen LogP contribution in [0.4, 0.5) is 4.39 Å². The van der Waals surface area contributed by atoms with Gasteiger partial charge in [0.15, 0.2) is 0 Å². The van der Waals surface area contributed by atoms with E-state index in [-0.39, 0.29) is 0 Å². The summed E-state index contributed by atoms with van der Waals surface area (Å²) in [4.78, 5) is 2.29. The van der Waals surface area contributed by atoms with E-state index >= 15 is 0 Å². The van der Waals surface area contributed by atoms with Crippen LogP contribution in [0.25, 0.3) is 0 Å². The summed E-state index contributed by atoms with van der Waals surface area (Å²) in [6.07, 6.45) is 0.132. The maximum atomic E-state index is 13.6. The molecule has 3 atom stereocenters. The molecule has 1 fully saturated rings. The Hall–Kier alpha value is -0.930. The van der Waals surface area contributed by atoms with Gasteiger partial charge < -0.3 is 5.73 Å². The molecule has 0 aliphatic carbocycles. The predicted molar refractivity (Wildman–Crippen MR) is 68.5 cm³/mol. The summed E-state index contributed by atoms with van der Waals surface area (Å²) in [6, 6.07) is 8.16. The van der Waals surface area contributed by atoms with E-state index in [2.05, 4.69) is 11.9 Å². The average Bonchev–Trinajstić information content (AvgIpc) is 2.70. The zero-order chi connectivity index (χ0) is 12.4. The summed E-state index contributed by atoms with van der Waals surface area (Å²) in [5.41, 5.74) is 7.68. The number of benzene rings is 1.